The second-order valence-electron chi connectivity index (χ2n) is 4.54. The maximum Gasteiger partial charge on any atom is 0.310 e. The number of ether oxygens (including phenoxy) is 1. The number of benzene rings is 1. The molecule has 0 radical (unpaired) electrons. The Bertz CT molecular complexity index is 394. The average molecular weight is 243 g/mol. The van der Waals surface area contributed by atoms with Crippen molar-refractivity contribution in [2.75, 3.05) is 0 Å². The molecule has 1 N–H and O–H groups in total. The molecule has 1 rings (SSSR count). The number of carbonyl (C=O) groups excluding carboxylic acids is 1. The highest BCUT2D eigenvalue weighted by molar-refractivity contribution is 6.31. The lowest BCUT2D eigenvalue weighted by atomic mass is 10.1. The lowest BCUT2D eigenvalue weighted by Crippen LogP contribution is -2.24. The molecule has 0 aliphatic carbocycles. The van der Waals surface area contributed by atoms with Gasteiger partial charge in [0.25, 0.3) is 0 Å². The third kappa shape index (κ3) is 4.11. The minimum atomic E-state index is -0.500. The van der Waals surface area contributed by atoms with Crippen LogP contribution in [-0.2, 0) is 16.0 Å². The first-order valence-electron chi connectivity index (χ1n) is 4.97. The van der Waals surface area contributed by atoms with E-state index < -0.39 is 5.60 Å². The molecular weight excluding hydrogens is 228 g/mol. The lowest BCUT2D eigenvalue weighted by Gasteiger charge is -2.19. The maximum absolute atomic E-state index is 11.5. The van der Waals surface area contributed by atoms with Gasteiger partial charge in [0.15, 0.2) is 0 Å². The Hall–Kier alpha value is -1.22. The minimum absolute atomic E-state index is 0.0814. The molecule has 0 aromatic heterocycles. The molecule has 0 amide bonds. The van der Waals surface area contributed by atoms with E-state index in [1.165, 1.54) is 12.1 Å². The van der Waals surface area contributed by atoms with Gasteiger partial charge in [-0.1, -0.05) is 17.7 Å². The fourth-order valence-corrected chi connectivity index (χ4v) is 1.45. The first-order valence-corrected chi connectivity index (χ1v) is 5.35. The second-order valence-corrected chi connectivity index (χ2v) is 4.95. The molecule has 1 aromatic rings. The van der Waals surface area contributed by atoms with Gasteiger partial charge in [0.05, 0.1) is 6.42 Å². The Morgan fingerprint density at radius 3 is 2.56 bits per heavy atom. The first-order chi connectivity index (χ1) is 7.28. The van der Waals surface area contributed by atoms with E-state index in [0.717, 1.165) is 0 Å². The van der Waals surface area contributed by atoms with Gasteiger partial charge in [0, 0.05) is 5.02 Å². The second kappa shape index (κ2) is 4.74. The van der Waals surface area contributed by atoms with E-state index >= 15 is 0 Å². The van der Waals surface area contributed by atoms with Crippen LogP contribution in [0.5, 0.6) is 5.75 Å². The summed E-state index contributed by atoms with van der Waals surface area (Å²) in [6.45, 7) is 5.43. The van der Waals surface area contributed by atoms with Crippen LogP contribution in [0.1, 0.15) is 26.3 Å². The van der Waals surface area contributed by atoms with Crippen LogP contribution in [0.15, 0.2) is 18.2 Å². The number of hydrogen-bond donors (Lipinski definition) is 1. The summed E-state index contributed by atoms with van der Waals surface area (Å²) in [4.78, 5) is 11.5. The molecule has 0 saturated carbocycles. The maximum atomic E-state index is 11.5. The van der Waals surface area contributed by atoms with E-state index in [-0.39, 0.29) is 18.1 Å². The van der Waals surface area contributed by atoms with Gasteiger partial charge in [-0.2, -0.15) is 0 Å². The summed E-state index contributed by atoms with van der Waals surface area (Å²) in [7, 11) is 0. The van der Waals surface area contributed by atoms with E-state index in [2.05, 4.69) is 0 Å². The Kier molecular flexibility index (Phi) is 3.81. The zero-order valence-corrected chi connectivity index (χ0v) is 10.3. The van der Waals surface area contributed by atoms with E-state index in [1.807, 2.05) is 20.8 Å². The number of rotatable bonds is 2. The van der Waals surface area contributed by atoms with Crippen LogP contribution in [-0.4, -0.2) is 16.7 Å². The average Bonchev–Trinajstić information content (AvgIpc) is 2.06. The van der Waals surface area contributed by atoms with Crippen LogP contribution in [0.25, 0.3) is 0 Å². The molecule has 0 atom stereocenters. The van der Waals surface area contributed by atoms with Crippen LogP contribution >= 0.6 is 11.6 Å². The normalized spacial score (nSPS) is 11.2. The molecule has 0 unspecified atom stereocenters. The van der Waals surface area contributed by atoms with Crippen molar-refractivity contribution >= 4 is 17.6 Å². The smallest absolute Gasteiger partial charge is 0.310 e. The van der Waals surface area contributed by atoms with Gasteiger partial charge in [0.2, 0.25) is 0 Å². The van der Waals surface area contributed by atoms with Gasteiger partial charge in [-0.3, -0.25) is 4.79 Å². The summed E-state index contributed by atoms with van der Waals surface area (Å²) in [5.41, 5.74) is 0.147. The van der Waals surface area contributed by atoms with Crippen molar-refractivity contribution in [3.05, 3.63) is 28.8 Å². The van der Waals surface area contributed by atoms with Gasteiger partial charge in [-0.25, -0.2) is 0 Å². The third-order valence-corrected chi connectivity index (χ3v) is 2.14. The van der Waals surface area contributed by atoms with Crippen molar-refractivity contribution in [1.29, 1.82) is 0 Å². The number of phenolic OH excluding ortho intramolecular Hbond substituents is 1. The van der Waals surface area contributed by atoms with Crippen LogP contribution in [0.4, 0.5) is 0 Å². The topological polar surface area (TPSA) is 46.5 Å². The minimum Gasteiger partial charge on any atom is -0.508 e. The lowest BCUT2D eigenvalue weighted by molar-refractivity contribution is -0.153. The summed E-state index contributed by atoms with van der Waals surface area (Å²) >= 11 is 5.88. The number of hydrogen-bond acceptors (Lipinski definition) is 3. The summed E-state index contributed by atoms with van der Waals surface area (Å²) in [5, 5.41) is 9.52. The number of halogens is 1. The zero-order valence-electron chi connectivity index (χ0n) is 9.58. The fraction of sp³-hybridized carbons (Fsp3) is 0.417. The SMILES string of the molecule is CC(C)(C)OC(=O)Cc1ccc(O)cc1Cl. The summed E-state index contributed by atoms with van der Waals surface area (Å²) in [5.74, 6) is -0.252. The van der Waals surface area contributed by atoms with E-state index in [0.29, 0.717) is 10.6 Å². The summed E-state index contributed by atoms with van der Waals surface area (Å²) in [6, 6.07) is 4.51. The molecule has 0 heterocycles. The zero-order chi connectivity index (χ0) is 12.3. The molecular formula is C12H15ClO3. The van der Waals surface area contributed by atoms with Crippen LogP contribution in [0.3, 0.4) is 0 Å². The molecule has 16 heavy (non-hydrogen) atoms. The van der Waals surface area contributed by atoms with Gasteiger partial charge in [-0.15, -0.1) is 0 Å². The predicted molar refractivity (Wildman–Crippen MR) is 62.7 cm³/mol. The van der Waals surface area contributed by atoms with Gasteiger partial charge in [-0.05, 0) is 38.5 Å². The Morgan fingerprint density at radius 2 is 2.06 bits per heavy atom. The fourth-order valence-electron chi connectivity index (χ4n) is 1.21. The molecule has 4 heteroatoms. The highest BCUT2D eigenvalue weighted by Gasteiger charge is 2.17. The number of aromatic hydroxyl groups is 1. The van der Waals surface area contributed by atoms with Gasteiger partial charge in [0.1, 0.15) is 11.4 Å². The first kappa shape index (κ1) is 12.8. The molecule has 0 bridgehead atoms. The van der Waals surface area contributed by atoms with E-state index in [9.17, 15) is 4.79 Å². The molecule has 0 saturated heterocycles. The monoisotopic (exact) mass is 242 g/mol. The van der Waals surface area contributed by atoms with Crippen molar-refractivity contribution in [3.8, 4) is 5.75 Å². The standard InChI is InChI=1S/C12H15ClO3/c1-12(2,3)16-11(15)6-8-4-5-9(14)7-10(8)13/h4-5,7,14H,6H2,1-3H3. The molecule has 0 spiro atoms. The third-order valence-electron chi connectivity index (χ3n) is 1.79. The quantitative estimate of drug-likeness (QED) is 0.811. The summed E-state index contributed by atoms with van der Waals surface area (Å²) in [6.07, 6.45) is 0.108. The van der Waals surface area contributed by atoms with Crippen molar-refractivity contribution in [2.24, 2.45) is 0 Å². The Labute approximate surface area is 100.0 Å². The molecule has 0 aliphatic rings. The van der Waals surface area contributed by atoms with Crippen LogP contribution in [0.2, 0.25) is 5.02 Å². The highest BCUT2D eigenvalue weighted by atomic mass is 35.5. The van der Waals surface area contributed by atoms with Crippen molar-refractivity contribution in [2.45, 2.75) is 32.8 Å². The van der Waals surface area contributed by atoms with E-state index in [1.54, 1.807) is 6.07 Å². The molecule has 88 valence electrons. The molecule has 3 nitrogen and oxygen atoms in total. The van der Waals surface area contributed by atoms with Crippen molar-refractivity contribution < 1.29 is 14.6 Å². The van der Waals surface area contributed by atoms with Crippen LogP contribution < -0.4 is 0 Å². The predicted octanol–water partition coefficient (Wildman–Crippen LogP) is 2.93. The highest BCUT2D eigenvalue weighted by Crippen LogP contribution is 2.22. The molecule has 1 aromatic carbocycles. The molecule has 0 fully saturated rings. The Balaban J connectivity index is 2.70. The van der Waals surface area contributed by atoms with Crippen molar-refractivity contribution in [1.82, 2.24) is 0 Å². The number of phenols is 1. The van der Waals surface area contributed by atoms with E-state index in [4.69, 9.17) is 21.4 Å². The van der Waals surface area contributed by atoms with Crippen LogP contribution in [0, 0.1) is 0 Å². The number of esters is 1. The molecule has 0 aliphatic heterocycles. The number of carbonyl (C=O) groups is 1. The van der Waals surface area contributed by atoms with Gasteiger partial charge >= 0.3 is 5.97 Å². The Morgan fingerprint density at radius 1 is 1.44 bits per heavy atom. The van der Waals surface area contributed by atoms with Gasteiger partial charge < -0.3 is 9.84 Å². The summed E-state index contributed by atoms with van der Waals surface area (Å²) < 4.78 is 5.17. The largest absolute Gasteiger partial charge is 0.508 e. The van der Waals surface area contributed by atoms with Crippen molar-refractivity contribution in [3.63, 3.8) is 0 Å².